The van der Waals surface area contributed by atoms with E-state index in [4.69, 9.17) is 23.7 Å². The fourth-order valence-corrected chi connectivity index (χ4v) is 6.60. The van der Waals surface area contributed by atoms with E-state index in [9.17, 15) is 4.39 Å². The van der Waals surface area contributed by atoms with E-state index < -0.39 is 23.1 Å². The maximum absolute atomic E-state index is 15.7. The molecule has 0 saturated carbocycles. The smallest absolute Gasteiger partial charge is 0.174 e. The number of methoxy groups -OCH3 is 3. The number of hydrogen-bond donors (Lipinski definition) is 0. The normalized spacial score (nSPS) is 11.8. The van der Waals surface area contributed by atoms with Gasteiger partial charge in [0.25, 0.3) is 0 Å². The number of aromatic nitrogens is 2. The molecule has 0 saturated heterocycles. The van der Waals surface area contributed by atoms with Crippen LogP contribution in [-0.2, 0) is 10.5 Å². The summed E-state index contributed by atoms with van der Waals surface area (Å²) in [5.74, 6) is 0.415. The van der Waals surface area contributed by atoms with Gasteiger partial charge in [-0.1, -0.05) is 23.9 Å². The Kier molecular flexibility index (Phi) is 12.2. The van der Waals surface area contributed by atoms with Crippen LogP contribution in [0.5, 0.6) is 23.0 Å². The summed E-state index contributed by atoms with van der Waals surface area (Å²) in [6.07, 6.45) is 2.33. The minimum atomic E-state index is -0.683. The molecule has 8 nitrogen and oxygen atoms in total. The van der Waals surface area contributed by atoms with E-state index in [1.165, 1.54) is 25.3 Å². The Hall–Kier alpha value is -4.81. The lowest BCUT2D eigenvalue weighted by atomic mass is 10.0. The van der Waals surface area contributed by atoms with E-state index in [0.29, 0.717) is 58.1 Å². The Morgan fingerprint density at radius 2 is 1.40 bits per heavy atom. The molecule has 5 aromatic rings. The second-order valence-corrected chi connectivity index (χ2v) is 14.9. The first-order chi connectivity index (χ1) is 25.1. The topological polar surface area (TPSA) is 67.2 Å². The van der Waals surface area contributed by atoms with Crippen molar-refractivity contribution in [3.8, 4) is 39.8 Å². The molecule has 53 heavy (non-hydrogen) atoms. The molecular formula is C41H46F3N3O5S. The highest BCUT2D eigenvalue weighted by molar-refractivity contribution is 7.98. The molecule has 0 amide bonds. The van der Waals surface area contributed by atoms with Gasteiger partial charge in [0.15, 0.2) is 28.2 Å². The lowest BCUT2D eigenvalue weighted by molar-refractivity contribution is -0.0292. The van der Waals surface area contributed by atoms with Crippen molar-refractivity contribution in [2.45, 2.75) is 63.2 Å². The average Bonchev–Trinajstić information content (AvgIpc) is 3.54. The molecule has 0 aliphatic rings. The number of anilines is 2. The van der Waals surface area contributed by atoms with Gasteiger partial charge in [0.05, 0.1) is 45.4 Å². The number of halogens is 3. The maximum atomic E-state index is 15.7. The molecule has 0 atom stereocenters. The molecule has 5 rings (SSSR count). The van der Waals surface area contributed by atoms with Crippen LogP contribution in [0.25, 0.3) is 16.8 Å². The number of imidazole rings is 1. The van der Waals surface area contributed by atoms with Gasteiger partial charge < -0.3 is 28.6 Å². The fourth-order valence-electron chi connectivity index (χ4n) is 5.59. The van der Waals surface area contributed by atoms with E-state index in [-0.39, 0.29) is 22.7 Å². The third kappa shape index (κ3) is 9.60. The van der Waals surface area contributed by atoms with Gasteiger partial charge in [-0.2, -0.15) is 0 Å². The first kappa shape index (κ1) is 39.4. The second kappa shape index (κ2) is 16.5. The molecular weight excluding hydrogens is 704 g/mol. The summed E-state index contributed by atoms with van der Waals surface area (Å²) in [5, 5.41) is 0.423. The molecule has 4 aromatic carbocycles. The number of ether oxygens (including phenoxy) is 5. The van der Waals surface area contributed by atoms with E-state index in [1.54, 1.807) is 67.4 Å². The van der Waals surface area contributed by atoms with Crippen LogP contribution in [0.15, 0.2) is 84.1 Å². The van der Waals surface area contributed by atoms with Gasteiger partial charge >= 0.3 is 0 Å². The number of thioether (sulfide) groups is 1. The zero-order valence-corrected chi connectivity index (χ0v) is 32.4. The third-order valence-electron chi connectivity index (χ3n) is 8.51. The highest BCUT2D eigenvalue weighted by Gasteiger charge is 2.23. The molecule has 0 unspecified atom stereocenters. The first-order valence-electron chi connectivity index (χ1n) is 17.0. The Bertz CT molecular complexity index is 2010. The van der Waals surface area contributed by atoms with Gasteiger partial charge in [0, 0.05) is 42.6 Å². The second-order valence-electron chi connectivity index (χ2n) is 14.0. The van der Waals surface area contributed by atoms with E-state index in [2.05, 4.69) is 4.98 Å². The van der Waals surface area contributed by atoms with Crippen molar-refractivity contribution in [1.29, 1.82) is 0 Å². The number of rotatable bonds is 15. The Morgan fingerprint density at radius 1 is 0.736 bits per heavy atom. The Morgan fingerprint density at radius 3 is 2.02 bits per heavy atom. The SMILES string of the molecule is COc1cc(-n2c(N(C)c3ccc(OC)c(OC)c3)cnc2SCc2c(F)cc(-c3ccc(OC(C)(C)CCOC(C)(C)C)cc3)cc2F)ccc1F. The van der Waals surface area contributed by atoms with Crippen LogP contribution < -0.4 is 23.8 Å². The number of benzene rings is 4. The van der Waals surface area contributed by atoms with Crippen LogP contribution in [0.1, 0.15) is 46.6 Å². The Balaban J connectivity index is 1.38. The summed E-state index contributed by atoms with van der Waals surface area (Å²) >= 11 is 1.14. The van der Waals surface area contributed by atoms with Crippen molar-refractivity contribution in [2.24, 2.45) is 0 Å². The van der Waals surface area contributed by atoms with Gasteiger partial charge in [-0.05, 0) is 94.3 Å². The van der Waals surface area contributed by atoms with Crippen LogP contribution in [0, 0.1) is 17.5 Å². The molecule has 0 aliphatic carbocycles. The van der Waals surface area contributed by atoms with Gasteiger partial charge in [-0.15, -0.1) is 0 Å². The highest BCUT2D eigenvalue weighted by Crippen LogP contribution is 2.38. The van der Waals surface area contributed by atoms with Gasteiger partial charge in [0.1, 0.15) is 28.8 Å². The molecule has 0 spiro atoms. The van der Waals surface area contributed by atoms with Gasteiger partial charge in [0.2, 0.25) is 0 Å². The summed E-state index contributed by atoms with van der Waals surface area (Å²) in [7, 11) is 6.33. The minimum Gasteiger partial charge on any atom is -0.494 e. The molecule has 0 radical (unpaired) electrons. The fraction of sp³-hybridized carbons (Fsp3) is 0.341. The quantitative estimate of drug-likeness (QED) is 0.0981. The summed E-state index contributed by atoms with van der Waals surface area (Å²) in [6.45, 7) is 10.6. The molecule has 0 fully saturated rings. The average molecular weight is 750 g/mol. The summed E-state index contributed by atoms with van der Waals surface area (Å²) < 4.78 is 75.7. The number of hydrogen-bond acceptors (Lipinski definition) is 8. The lowest BCUT2D eigenvalue weighted by Crippen LogP contribution is -2.31. The molecule has 12 heteroatoms. The molecule has 282 valence electrons. The van der Waals surface area contributed by atoms with Crippen molar-refractivity contribution >= 4 is 23.3 Å². The van der Waals surface area contributed by atoms with Crippen LogP contribution in [0.4, 0.5) is 24.7 Å². The molecule has 0 N–H and O–H groups in total. The lowest BCUT2D eigenvalue weighted by Gasteiger charge is -2.28. The van der Waals surface area contributed by atoms with Crippen molar-refractivity contribution in [2.75, 3.05) is 39.9 Å². The maximum Gasteiger partial charge on any atom is 0.174 e. The van der Waals surface area contributed by atoms with Crippen LogP contribution in [0.3, 0.4) is 0 Å². The van der Waals surface area contributed by atoms with E-state index >= 15 is 8.78 Å². The standard InChI is InChI=1S/C41H46F3N3O5S/c1-40(2,3)51-19-18-41(4,5)52-30-14-10-26(11-15-30)27-20-33(43)31(34(44)21-27)25-53-39-45-24-38(47(39)29-12-16-32(42)36(23-29)49-8)46(6)28-13-17-35(48-7)37(22-28)50-9/h10-17,20-24H,18-19,25H2,1-9H3. The van der Waals surface area contributed by atoms with Crippen LogP contribution in [-0.4, -0.2) is 55.7 Å². The summed E-state index contributed by atoms with van der Waals surface area (Å²) in [6, 6.07) is 19.7. The molecule has 1 aromatic heterocycles. The first-order valence-corrected chi connectivity index (χ1v) is 18.0. The third-order valence-corrected chi connectivity index (χ3v) is 9.49. The zero-order valence-electron chi connectivity index (χ0n) is 31.6. The van der Waals surface area contributed by atoms with E-state index in [1.807, 2.05) is 58.7 Å². The van der Waals surface area contributed by atoms with Gasteiger partial charge in [-0.3, -0.25) is 4.57 Å². The molecule has 0 bridgehead atoms. The zero-order chi connectivity index (χ0) is 38.5. The Labute approximate surface area is 313 Å². The van der Waals surface area contributed by atoms with Crippen LogP contribution in [0.2, 0.25) is 0 Å². The molecule has 1 heterocycles. The van der Waals surface area contributed by atoms with Gasteiger partial charge in [-0.25, -0.2) is 18.2 Å². The van der Waals surface area contributed by atoms with Crippen LogP contribution >= 0.6 is 11.8 Å². The van der Waals surface area contributed by atoms with Crippen molar-refractivity contribution < 1.29 is 36.9 Å². The largest absolute Gasteiger partial charge is 0.494 e. The minimum absolute atomic E-state index is 0.0357. The monoisotopic (exact) mass is 749 g/mol. The van der Waals surface area contributed by atoms with Crippen molar-refractivity contribution in [1.82, 2.24) is 9.55 Å². The summed E-state index contributed by atoms with van der Waals surface area (Å²) in [4.78, 5) is 6.49. The highest BCUT2D eigenvalue weighted by atomic mass is 32.2. The van der Waals surface area contributed by atoms with Crippen molar-refractivity contribution in [3.63, 3.8) is 0 Å². The summed E-state index contributed by atoms with van der Waals surface area (Å²) in [5.41, 5.74) is 1.53. The number of nitrogens with zero attached hydrogens (tertiary/aromatic N) is 3. The molecule has 0 aliphatic heterocycles. The predicted octanol–water partition coefficient (Wildman–Crippen LogP) is 10.4. The predicted molar refractivity (Wildman–Crippen MR) is 204 cm³/mol. The van der Waals surface area contributed by atoms with E-state index in [0.717, 1.165) is 17.4 Å². The van der Waals surface area contributed by atoms with Crippen molar-refractivity contribution in [3.05, 3.63) is 102 Å².